The van der Waals surface area contributed by atoms with E-state index in [0.29, 0.717) is 134 Å². The van der Waals surface area contributed by atoms with E-state index >= 15 is 0 Å². The Morgan fingerprint density at radius 2 is 0.250 bits per heavy atom. The van der Waals surface area contributed by atoms with E-state index in [0.717, 1.165) is 33.4 Å². The van der Waals surface area contributed by atoms with Gasteiger partial charge in [-0.15, -0.1) is 0 Å². The second kappa shape index (κ2) is 30.1. The maximum absolute atomic E-state index is 14.0. The van der Waals surface area contributed by atoms with E-state index in [2.05, 4.69) is 0 Å². The number of aryl methyl sites for hydroxylation is 12. The summed E-state index contributed by atoms with van der Waals surface area (Å²) in [5, 5.41) is 0. The average Bonchev–Trinajstić information content (AvgIpc) is 0.800. The molecule has 108 heavy (non-hydrogen) atoms. The Morgan fingerprint density at radius 1 is 0.148 bits per heavy atom. The SMILES string of the molecule is Cc1ccc2c(c1F)COc1c-2ccc(C)c1F.Cc1ccc2c(c1F)COc1c-2ccc(C)c1F.Cc1ccc2c(c1F)COc1c-2ccc(C)c1F.Cc1ccc2c(c1F)COc1c-2ccc(C)c1F.Cc1ccc2c(c1F)COc1c-2ccc(C)c1F.Cc1ccc2c(c1F)COc1c-2ccc(C)c1F. The molecule has 0 aliphatic carbocycles. The summed E-state index contributed by atoms with van der Waals surface area (Å²) in [6, 6.07) is 42.0. The summed E-state index contributed by atoms with van der Waals surface area (Å²) < 4.78 is 200. The van der Waals surface area contributed by atoms with Gasteiger partial charge in [0.15, 0.2) is 69.4 Å². The van der Waals surface area contributed by atoms with Gasteiger partial charge in [-0.05, 0) is 183 Å². The summed E-state index contributed by atoms with van der Waals surface area (Å²) in [5.74, 6) is -2.39. The summed E-state index contributed by atoms with van der Waals surface area (Å²) in [7, 11) is 0. The minimum absolute atomic E-state index is 0.0796. The van der Waals surface area contributed by atoms with E-state index in [4.69, 9.17) is 28.4 Å². The van der Waals surface area contributed by atoms with E-state index < -0.39 is 0 Å². The van der Waals surface area contributed by atoms with Crippen molar-refractivity contribution in [2.24, 2.45) is 0 Å². The van der Waals surface area contributed by atoms with Gasteiger partial charge >= 0.3 is 0 Å². The van der Waals surface area contributed by atoms with Crippen molar-refractivity contribution in [3.63, 3.8) is 0 Å². The summed E-state index contributed by atoms with van der Waals surface area (Å²) in [4.78, 5) is 0. The van der Waals surface area contributed by atoms with Gasteiger partial charge in [0, 0.05) is 66.8 Å². The van der Waals surface area contributed by atoms with Crippen molar-refractivity contribution >= 4 is 0 Å². The largest absolute Gasteiger partial charge is 0.485 e. The number of benzene rings is 12. The number of rotatable bonds is 0. The molecular weight excluding hydrogens is 1400 g/mol. The smallest absolute Gasteiger partial charge is 0.168 e. The van der Waals surface area contributed by atoms with E-state index in [1.54, 1.807) is 192 Å². The molecule has 0 saturated heterocycles. The van der Waals surface area contributed by atoms with Gasteiger partial charge in [-0.2, -0.15) is 0 Å². The first-order chi connectivity index (χ1) is 51.6. The third-order valence-corrected chi connectivity index (χ3v) is 20.3. The van der Waals surface area contributed by atoms with E-state index in [1.165, 1.54) is 0 Å². The fourth-order valence-electron chi connectivity index (χ4n) is 13.7. The third-order valence-electron chi connectivity index (χ3n) is 20.3. The molecular formula is C90H72F12O6. The molecule has 0 aromatic heterocycles. The lowest BCUT2D eigenvalue weighted by Gasteiger charge is -2.22. The molecule has 0 amide bonds. The number of hydrogen-bond donors (Lipinski definition) is 0. The second-order valence-electron chi connectivity index (χ2n) is 27.5. The van der Waals surface area contributed by atoms with Crippen LogP contribution in [-0.4, -0.2) is 0 Å². The lowest BCUT2D eigenvalue weighted by molar-refractivity contribution is 0.280. The molecule has 6 aliphatic rings. The van der Waals surface area contributed by atoms with Gasteiger partial charge in [0.2, 0.25) is 0 Å². The monoisotopic (exact) mass is 1480 g/mol. The highest BCUT2D eigenvalue weighted by atomic mass is 19.2. The third kappa shape index (κ3) is 13.6. The maximum atomic E-state index is 14.0. The topological polar surface area (TPSA) is 55.4 Å². The van der Waals surface area contributed by atoms with Gasteiger partial charge in [-0.25, -0.2) is 52.7 Å². The van der Waals surface area contributed by atoms with Crippen LogP contribution in [0.5, 0.6) is 34.5 Å². The quantitative estimate of drug-likeness (QED) is 0.141. The standard InChI is InChI=1S/6C15H12F2O/c6*1-8-3-5-10-11-6-4-9(2)14(17)15(11)18-7-12(10)13(8)16/h6*3-6H,7H2,1-2H3. The van der Waals surface area contributed by atoms with Gasteiger partial charge in [-0.3, -0.25) is 0 Å². The van der Waals surface area contributed by atoms with Crippen LogP contribution in [0.1, 0.15) is 100 Å². The molecule has 18 heteroatoms. The Hall–Kier alpha value is -11.4. The molecule has 12 aromatic rings. The van der Waals surface area contributed by atoms with Crippen LogP contribution in [0.15, 0.2) is 146 Å². The number of halogens is 12. The van der Waals surface area contributed by atoms with Gasteiger partial charge in [0.05, 0.1) is 0 Å². The predicted molar refractivity (Wildman–Crippen MR) is 394 cm³/mol. The van der Waals surface area contributed by atoms with Gasteiger partial charge < -0.3 is 28.4 Å². The molecule has 0 spiro atoms. The predicted octanol–water partition coefficient (Wildman–Crippen LogP) is 24.8. The van der Waals surface area contributed by atoms with Gasteiger partial charge in [0.1, 0.15) is 74.5 Å². The van der Waals surface area contributed by atoms with Gasteiger partial charge in [0.25, 0.3) is 0 Å². The van der Waals surface area contributed by atoms with Gasteiger partial charge in [-0.1, -0.05) is 146 Å². The molecule has 18 rings (SSSR count). The summed E-state index contributed by atoms with van der Waals surface area (Å²) >= 11 is 0. The normalized spacial score (nSPS) is 12.7. The second-order valence-corrected chi connectivity index (χ2v) is 27.5. The molecule has 6 aliphatic heterocycles. The summed E-state index contributed by atoms with van der Waals surface area (Å²) in [5.41, 5.74) is 17.8. The zero-order valence-corrected chi connectivity index (χ0v) is 61.1. The van der Waals surface area contributed by atoms with E-state index in [9.17, 15) is 52.7 Å². The minimum atomic E-state index is -0.362. The number of fused-ring (bicyclic) bond motifs is 18. The van der Waals surface area contributed by atoms with Crippen molar-refractivity contribution in [3.8, 4) is 101 Å². The van der Waals surface area contributed by atoms with Crippen molar-refractivity contribution in [1.82, 2.24) is 0 Å². The Bertz CT molecular complexity index is 4430. The number of hydrogen-bond acceptors (Lipinski definition) is 6. The molecule has 0 radical (unpaired) electrons. The van der Waals surface area contributed by atoms with Crippen LogP contribution in [-0.2, 0) is 39.6 Å². The van der Waals surface area contributed by atoms with Crippen LogP contribution in [0.4, 0.5) is 52.7 Å². The Morgan fingerprint density at radius 3 is 0.370 bits per heavy atom. The van der Waals surface area contributed by atoms with Crippen LogP contribution in [0, 0.1) is 153 Å². The van der Waals surface area contributed by atoms with Crippen LogP contribution in [0.25, 0.3) is 66.8 Å². The average molecular weight is 1480 g/mol. The molecule has 6 heterocycles. The molecule has 0 unspecified atom stereocenters. The van der Waals surface area contributed by atoms with Crippen LogP contribution < -0.4 is 28.4 Å². The first-order valence-corrected chi connectivity index (χ1v) is 34.8. The van der Waals surface area contributed by atoms with Crippen molar-refractivity contribution in [1.29, 1.82) is 0 Å². The Labute approximate surface area is 617 Å². The highest BCUT2D eigenvalue weighted by Crippen LogP contribution is 2.48. The fourth-order valence-corrected chi connectivity index (χ4v) is 13.7. The molecule has 552 valence electrons. The zero-order valence-electron chi connectivity index (χ0n) is 61.1. The van der Waals surface area contributed by atoms with Crippen molar-refractivity contribution in [2.45, 2.75) is 123 Å². The zero-order chi connectivity index (χ0) is 77.2. The molecule has 6 nitrogen and oxygen atoms in total. The van der Waals surface area contributed by atoms with Crippen LogP contribution in [0.2, 0.25) is 0 Å². The van der Waals surface area contributed by atoms with Crippen LogP contribution in [0.3, 0.4) is 0 Å². The molecule has 12 aromatic carbocycles. The first-order valence-electron chi connectivity index (χ1n) is 34.8. The summed E-state index contributed by atoms with van der Waals surface area (Å²) in [6.45, 7) is 20.8. The molecule has 0 bridgehead atoms. The van der Waals surface area contributed by atoms with Crippen LogP contribution >= 0.6 is 0 Å². The van der Waals surface area contributed by atoms with E-state index in [1.807, 2.05) is 36.4 Å². The molecule has 0 saturated carbocycles. The lowest BCUT2D eigenvalue weighted by atomic mass is 9.94. The summed E-state index contributed by atoms with van der Waals surface area (Å²) in [6.07, 6.45) is 0. The van der Waals surface area contributed by atoms with E-state index in [-0.39, 0.29) is 144 Å². The number of ether oxygens (including phenoxy) is 6. The first kappa shape index (κ1) is 74.9. The molecule has 0 atom stereocenters. The minimum Gasteiger partial charge on any atom is -0.485 e. The maximum Gasteiger partial charge on any atom is 0.168 e. The molecule has 0 N–H and O–H groups in total. The van der Waals surface area contributed by atoms with Crippen molar-refractivity contribution in [2.75, 3.05) is 0 Å². The molecule has 0 fully saturated rings. The lowest BCUT2D eigenvalue weighted by Crippen LogP contribution is -2.10. The highest BCUT2D eigenvalue weighted by Gasteiger charge is 2.31. The highest BCUT2D eigenvalue weighted by molar-refractivity contribution is 5.81. The fraction of sp³-hybridized carbons (Fsp3) is 0.200. The Kier molecular flexibility index (Phi) is 20.9. The van der Waals surface area contributed by atoms with Crippen molar-refractivity contribution < 1.29 is 81.1 Å². The van der Waals surface area contributed by atoms with Crippen molar-refractivity contribution in [3.05, 3.63) is 316 Å². The Balaban J connectivity index is 0.000000114.